The Morgan fingerprint density at radius 3 is 2.82 bits per heavy atom. The number of ether oxygens (including phenoxy) is 3. The summed E-state index contributed by atoms with van der Waals surface area (Å²) in [7, 11) is 2.92. The molecule has 1 unspecified atom stereocenters. The minimum absolute atomic E-state index is 0.344. The number of hydrogen-bond acceptors (Lipinski definition) is 7. The number of rotatable bonds is 6. The summed E-state index contributed by atoms with van der Waals surface area (Å²) in [6, 6.07) is 10.8. The van der Waals surface area contributed by atoms with Crippen molar-refractivity contribution in [3.05, 3.63) is 47.7 Å². The van der Waals surface area contributed by atoms with Crippen molar-refractivity contribution >= 4 is 11.8 Å². The first-order valence-corrected chi connectivity index (χ1v) is 9.15. The van der Waals surface area contributed by atoms with E-state index >= 15 is 0 Å². The van der Waals surface area contributed by atoms with Gasteiger partial charge in [0.2, 0.25) is 0 Å². The molecule has 0 aliphatic carbocycles. The van der Waals surface area contributed by atoms with Crippen LogP contribution in [0.25, 0.3) is 0 Å². The van der Waals surface area contributed by atoms with E-state index in [2.05, 4.69) is 16.0 Å². The predicted octanol–water partition coefficient (Wildman–Crippen LogP) is 3.04. The molecular weight excluding hydrogens is 358 g/mol. The van der Waals surface area contributed by atoms with Crippen LogP contribution in [0.3, 0.4) is 0 Å². The van der Waals surface area contributed by atoms with Gasteiger partial charge in [-0.25, -0.2) is 9.78 Å². The topological polar surface area (TPSA) is 84.7 Å². The van der Waals surface area contributed by atoms with Crippen LogP contribution < -0.4 is 14.4 Å². The molecule has 0 N–H and O–H groups in total. The third-order valence-electron chi connectivity index (χ3n) is 4.78. The molecule has 2 heterocycles. The highest BCUT2D eigenvalue weighted by Gasteiger charge is 2.22. The number of benzene rings is 1. The van der Waals surface area contributed by atoms with E-state index in [-0.39, 0.29) is 5.97 Å². The Morgan fingerprint density at radius 2 is 2.14 bits per heavy atom. The molecule has 0 amide bonds. The van der Waals surface area contributed by atoms with Crippen LogP contribution in [-0.2, 0) is 4.74 Å². The van der Waals surface area contributed by atoms with E-state index in [0.717, 1.165) is 31.7 Å². The maximum absolute atomic E-state index is 11.5. The van der Waals surface area contributed by atoms with Gasteiger partial charge in [0, 0.05) is 31.3 Å². The van der Waals surface area contributed by atoms with Gasteiger partial charge < -0.3 is 19.1 Å². The number of carbonyl (C=O) groups excluding carboxylic acids is 1. The Kier molecular flexibility index (Phi) is 6.33. The van der Waals surface area contributed by atoms with Crippen molar-refractivity contribution in [2.75, 3.05) is 38.8 Å². The summed E-state index contributed by atoms with van der Waals surface area (Å²) in [5.41, 5.74) is 0.977. The normalized spacial score (nSPS) is 16.2. The van der Waals surface area contributed by atoms with Gasteiger partial charge >= 0.3 is 5.97 Å². The molecule has 1 atom stereocenters. The molecule has 3 rings (SSSR count). The average Bonchev–Trinajstić information content (AvgIpc) is 2.77. The second kappa shape index (κ2) is 9.09. The van der Waals surface area contributed by atoms with Gasteiger partial charge in [0.1, 0.15) is 5.82 Å². The molecule has 1 saturated heterocycles. The number of carbonyl (C=O) groups is 1. The van der Waals surface area contributed by atoms with E-state index in [1.807, 2.05) is 6.07 Å². The van der Waals surface area contributed by atoms with E-state index in [1.54, 1.807) is 37.6 Å². The predicted molar refractivity (Wildman–Crippen MR) is 104 cm³/mol. The average molecular weight is 381 g/mol. The zero-order valence-corrected chi connectivity index (χ0v) is 16.1. The lowest BCUT2D eigenvalue weighted by Crippen LogP contribution is -2.38. The van der Waals surface area contributed by atoms with Crippen molar-refractivity contribution in [3.8, 4) is 17.6 Å². The van der Waals surface area contributed by atoms with Crippen LogP contribution in [-0.4, -0.2) is 44.9 Å². The molecule has 146 valence electrons. The lowest BCUT2D eigenvalue weighted by Gasteiger charge is -2.33. The quantitative estimate of drug-likeness (QED) is 0.711. The summed E-state index contributed by atoms with van der Waals surface area (Å²) in [6.07, 6.45) is 3.65. The van der Waals surface area contributed by atoms with E-state index in [1.165, 1.54) is 7.11 Å². The molecule has 1 aliphatic heterocycles. The number of anilines is 1. The molecule has 1 aromatic carbocycles. The van der Waals surface area contributed by atoms with Gasteiger partial charge in [-0.15, -0.1) is 0 Å². The van der Waals surface area contributed by atoms with Gasteiger partial charge in [-0.2, -0.15) is 5.26 Å². The molecule has 2 aromatic rings. The molecule has 1 fully saturated rings. The Hall–Kier alpha value is -3.27. The Bertz CT molecular complexity index is 861. The Balaban J connectivity index is 1.61. The second-order valence-corrected chi connectivity index (χ2v) is 6.64. The minimum Gasteiger partial charge on any atom is -0.493 e. The SMILES string of the molecule is COC(=O)c1ccc(N2CCCC(COc3ccc(C#N)cc3OC)C2)nc1. The largest absolute Gasteiger partial charge is 0.493 e. The zero-order chi connectivity index (χ0) is 19.9. The van der Waals surface area contributed by atoms with E-state index in [0.29, 0.717) is 35.2 Å². The van der Waals surface area contributed by atoms with Crippen molar-refractivity contribution in [2.45, 2.75) is 12.8 Å². The van der Waals surface area contributed by atoms with Crippen molar-refractivity contribution in [3.63, 3.8) is 0 Å². The molecule has 0 saturated carbocycles. The number of aromatic nitrogens is 1. The number of pyridine rings is 1. The smallest absolute Gasteiger partial charge is 0.339 e. The van der Waals surface area contributed by atoms with Gasteiger partial charge in [-0.3, -0.25) is 0 Å². The molecule has 0 radical (unpaired) electrons. The number of esters is 1. The number of methoxy groups -OCH3 is 2. The monoisotopic (exact) mass is 381 g/mol. The molecule has 28 heavy (non-hydrogen) atoms. The van der Waals surface area contributed by atoms with Gasteiger partial charge in [-0.1, -0.05) is 0 Å². The first-order valence-electron chi connectivity index (χ1n) is 9.15. The summed E-state index contributed by atoms with van der Waals surface area (Å²) in [4.78, 5) is 18.2. The third kappa shape index (κ3) is 4.52. The van der Waals surface area contributed by atoms with Crippen LogP contribution in [0.1, 0.15) is 28.8 Å². The highest BCUT2D eigenvalue weighted by Crippen LogP contribution is 2.29. The fourth-order valence-corrected chi connectivity index (χ4v) is 3.28. The zero-order valence-electron chi connectivity index (χ0n) is 16.1. The lowest BCUT2D eigenvalue weighted by atomic mass is 9.99. The molecule has 7 heteroatoms. The summed E-state index contributed by atoms with van der Waals surface area (Å²) in [6.45, 7) is 2.30. The van der Waals surface area contributed by atoms with Crippen molar-refractivity contribution in [1.29, 1.82) is 5.26 Å². The molecule has 1 aromatic heterocycles. The van der Waals surface area contributed by atoms with Gasteiger partial charge in [0.15, 0.2) is 11.5 Å². The van der Waals surface area contributed by atoms with Crippen LogP contribution in [0.5, 0.6) is 11.5 Å². The standard InChI is InChI=1S/C21H23N3O4/c1-26-19-10-15(11-22)5-7-18(19)28-14-16-4-3-9-24(13-16)20-8-6-17(12-23-20)21(25)27-2/h5-8,10,12,16H,3-4,9,13-14H2,1-2H3. The van der Waals surface area contributed by atoms with Crippen molar-refractivity contribution in [1.82, 2.24) is 4.98 Å². The van der Waals surface area contributed by atoms with E-state index in [9.17, 15) is 4.79 Å². The number of hydrogen-bond donors (Lipinski definition) is 0. The van der Waals surface area contributed by atoms with Crippen LogP contribution in [0.2, 0.25) is 0 Å². The Morgan fingerprint density at radius 1 is 1.29 bits per heavy atom. The number of piperidine rings is 1. The highest BCUT2D eigenvalue weighted by molar-refractivity contribution is 5.89. The molecule has 1 aliphatic rings. The van der Waals surface area contributed by atoms with Crippen LogP contribution in [0.15, 0.2) is 36.5 Å². The summed E-state index contributed by atoms with van der Waals surface area (Å²) >= 11 is 0. The lowest BCUT2D eigenvalue weighted by molar-refractivity contribution is 0.0600. The minimum atomic E-state index is -0.389. The molecule has 7 nitrogen and oxygen atoms in total. The number of nitriles is 1. The fraction of sp³-hybridized carbons (Fsp3) is 0.381. The maximum Gasteiger partial charge on any atom is 0.339 e. The summed E-state index contributed by atoms with van der Waals surface area (Å²) in [5, 5.41) is 9.00. The molecule has 0 spiro atoms. The van der Waals surface area contributed by atoms with Crippen LogP contribution in [0, 0.1) is 17.2 Å². The highest BCUT2D eigenvalue weighted by atomic mass is 16.5. The number of nitrogens with zero attached hydrogens (tertiary/aromatic N) is 3. The van der Waals surface area contributed by atoms with Crippen LogP contribution >= 0.6 is 0 Å². The molecular formula is C21H23N3O4. The first kappa shape index (κ1) is 19.5. The van der Waals surface area contributed by atoms with E-state index in [4.69, 9.17) is 19.5 Å². The third-order valence-corrected chi connectivity index (χ3v) is 4.78. The molecule has 0 bridgehead atoms. The summed E-state index contributed by atoms with van der Waals surface area (Å²) in [5.74, 6) is 2.00. The second-order valence-electron chi connectivity index (χ2n) is 6.64. The van der Waals surface area contributed by atoms with Crippen molar-refractivity contribution in [2.24, 2.45) is 5.92 Å². The van der Waals surface area contributed by atoms with Crippen molar-refractivity contribution < 1.29 is 19.0 Å². The van der Waals surface area contributed by atoms with E-state index < -0.39 is 0 Å². The van der Waals surface area contributed by atoms with Gasteiger partial charge in [0.25, 0.3) is 0 Å². The van der Waals surface area contributed by atoms with Gasteiger partial charge in [0.05, 0.1) is 38.0 Å². The first-order chi connectivity index (χ1) is 13.6. The van der Waals surface area contributed by atoms with Gasteiger partial charge in [-0.05, 0) is 37.1 Å². The van der Waals surface area contributed by atoms with Crippen LogP contribution in [0.4, 0.5) is 5.82 Å². The fourth-order valence-electron chi connectivity index (χ4n) is 3.28. The summed E-state index contributed by atoms with van der Waals surface area (Å²) < 4.78 is 16.0. The maximum atomic E-state index is 11.5. The Labute approximate surface area is 164 Å².